The average molecular weight is 275 g/mol. The van der Waals surface area contributed by atoms with Crippen LogP contribution in [0.15, 0.2) is 18.2 Å². The van der Waals surface area contributed by atoms with Crippen LogP contribution in [0.2, 0.25) is 0 Å². The van der Waals surface area contributed by atoms with E-state index >= 15 is 0 Å². The van der Waals surface area contributed by atoms with E-state index in [1.807, 2.05) is 6.92 Å². The molecule has 2 rings (SSSR count). The largest absolute Gasteiger partial charge is 0.508 e. The molecule has 110 valence electrons. The van der Waals surface area contributed by atoms with Crippen molar-refractivity contribution in [3.05, 3.63) is 29.3 Å². The highest BCUT2D eigenvalue weighted by Crippen LogP contribution is 2.28. The van der Waals surface area contributed by atoms with Gasteiger partial charge in [0, 0.05) is 11.6 Å². The van der Waals surface area contributed by atoms with Crippen molar-refractivity contribution >= 4 is 5.91 Å². The lowest BCUT2D eigenvalue weighted by atomic mass is 9.83. The number of aromatic hydroxyl groups is 1. The summed E-state index contributed by atoms with van der Waals surface area (Å²) < 4.78 is 0. The first-order chi connectivity index (χ1) is 9.61. The second-order valence-electron chi connectivity index (χ2n) is 5.89. The first-order valence-electron chi connectivity index (χ1n) is 7.72. The standard InChI is InChI=1S/C17H25NO2/c1-3-15(13-7-5-4-6-8-13)18-17(20)14-9-10-16(19)12(2)11-14/h9-11,13,15,19H,3-8H2,1-2H3,(H,18,20). The molecule has 0 spiro atoms. The number of amides is 1. The number of carbonyl (C=O) groups excluding carboxylic acids is 1. The van der Waals surface area contributed by atoms with Crippen LogP contribution < -0.4 is 5.32 Å². The maximum Gasteiger partial charge on any atom is 0.251 e. The summed E-state index contributed by atoms with van der Waals surface area (Å²) in [6, 6.07) is 5.30. The van der Waals surface area contributed by atoms with Crippen LogP contribution in [-0.2, 0) is 0 Å². The van der Waals surface area contributed by atoms with Gasteiger partial charge in [0.25, 0.3) is 5.91 Å². The monoisotopic (exact) mass is 275 g/mol. The third-order valence-corrected chi connectivity index (χ3v) is 4.43. The van der Waals surface area contributed by atoms with E-state index in [1.54, 1.807) is 18.2 Å². The smallest absolute Gasteiger partial charge is 0.251 e. The molecule has 3 heteroatoms. The summed E-state index contributed by atoms with van der Waals surface area (Å²) in [4.78, 5) is 12.3. The molecular formula is C17H25NO2. The van der Waals surface area contributed by atoms with Gasteiger partial charge in [-0.05, 0) is 55.9 Å². The fourth-order valence-corrected chi connectivity index (χ4v) is 3.14. The molecule has 1 fully saturated rings. The van der Waals surface area contributed by atoms with Crippen LogP contribution in [0.5, 0.6) is 5.75 Å². The molecule has 20 heavy (non-hydrogen) atoms. The molecule has 1 unspecified atom stereocenters. The van der Waals surface area contributed by atoms with Gasteiger partial charge in [-0.25, -0.2) is 0 Å². The number of hydrogen-bond acceptors (Lipinski definition) is 2. The van der Waals surface area contributed by atoms with Crippen molar-refractivity contribution in [2.45, 2.75) is 58.4 Å². The third kappa shape index (κ3) is 3.53. The van der Waals surface area contributed by atoms with E-state index in [0.29, 0.717) is 11.5 Å². The summed E-state index contributed by atoms with van der Waals surface area (Å²) in [7, 11) is 0. The SMILES string of the molecule is CCC(NC(=O)c1ccc(O)c(C)c1)C1CCCCC1. The highest BCUT2D eigenvalue weighted by Gasteiger charge is 2.24. The highest BCUT2D eigenvalue weighted by atomic mass is 16.3. The number of benzene rings is 1. The zero-order chi connectivity index (χ0) is 14.5. The zero-order valence-corrected chi connectivity index (χ0v) is 12.5. The van der Waals surface area contributed by atoms with Crippen LogP contribution in [-0.4, -0.2) is 17.1 Å². The second-order valence-corrected chi connectivity index (χ2v) is 5.89. The first-order valence-corrected chi connectivity index (χ1v) is 7.72. The second kappa shape index (κ2) is 6.78. The third-order valence-electron chi connectivity index (χ3n) is 4.43. The van der Waals surface area contributed by atoms with Crippen molar-refractivity contribution in [2.75, 3.05) is 0 Å². The van der Waals surface area contributed by atoms with E-state index in [2.05, 4.69) is 12.2 Å². The Hall–Kier alpha value is -1.51. The normalized spacial score (nSPS) is 17.7. The molecule has 0 aromatic heterocycles. The van der Waals surface area contributed by atoms with Crippen molar-refractivity contribution < 1.29 is 9.90 Å². The number of nitrogens with one attached hydrogen (secondary N) is 1. The minimum Gasteiger partial charge on any atom is -0.508 e. The Kier molecular flexibility index (Phi) is 5.05. The van der Waals surface area contributed by atoms with Crippen molar-refractivity contribution in [1.82, 2.24) is 5.32 Å². The van der Waals surface area contributed by atoms with Gasteiger partial charge in [-0.15, -0.1) is 0 Å². The molecule has 1 aromatic rings. The van der Waals surface area contributed by atoms with Gasteiger partial charge < -0.3 is 10.4 Å². The number of aryl methyl sites for hydroxylation is 1. The van der Waals surface area contributed by atoms with Crippen LogP contribution in [0.4, 0.5) is 0 Å². The minimum absolute atomic E-state index is 0.0227. The van der Waals surface area contributed by atoms with Gasteiger partial charge in [-0.3, -0.25) is 4.79 Å². The Labute approximate surface area is 121 Å². The fourth-order valence-electron chi connectivity index (χ4n) is 3.14. The van der Waals surface area contributed by atoms with Crippen molar-refractivity contribution in [2.24, 2.45) is 5.92 Å². The van der Waals surface area contributed by atoms with Gasteiger partial charge in [0.15, 0.2) is 0 Å². The van der Waals surface area contributed by atoms with E-state index in [9.17, 15) is 9.90 Å². The number of rotatable bonds is 4. The van der Waals surface area contributed by atoms with Gasteiger partial charge in [0.1, 0.15) is 5.75 Å². The van der Waals surface area contributed by atoms with E-state index < -0.39 is 0 Å². The molecule has 1 amide bonds. The average Bonchev–Trinajstić information content (AvgIpc) is 2.48. The maximum atomic E-state index is 12.3. The summed E-state index contributed by atoms with van der Waals surface area (Å²) in [6.07, 6.45) is 7.34. The van der Waals surface area contributed by atoms with Crippen LogP contribution in [0, 0.1) is 12.8 Å². The minimum atomic E-state index is -0.0227. The van der Waals surface area contributed by atoms with Crippen LogP contribution >= 0.6 is 0 Å². The Morgan fingerprint density at radius 1 is 1.35 bits per heavy atom. The van der Waals surface area contributed by atoms with Crippen LogP contribution in [0.3, 0.4) is 0 Å². The molecule has 1 saturated carbocycles. The van der Waals surface area contributed by atoms with E-state index in [1.165, 1.54) is 32.1 Å². The maximum absolute atomic E-state index is 12.3. The van der Waals surface area contributed by atoms with Crippen molar-refractivity contribution in [1.29, 1.82) is 0 Å². The number of phenols is 1. The summed E-state index contributed by atoms with van der Waals surface area (Å²) >= 11 is 0. The molecule has 1 aromatic carbocycles. The van der Waals surface area contributed by atoms with E-state index in [4.69, 9.17) is 0 Å². The summed E-state index contributed by atoms with van der Waals surface area (Å²) in [5.41, 5.74) is 1.37. The Morgan fingerprint density at radius 3 is 2.65 bits per heavy atom. The predicted molar refractivity (Wildman–Crippen MR) is 81.0 cm³/mol. The number of hydrogen-bond donors (Lipinski definition) is 2. The van der Waals surface area contributed by atoms with E-state index in [0.717, 1.165) is 12.0 Å². The predicted octanol–water partition coefficient (Wildman–Crippen LogP) is 3.79. The molecular weight excluding hydrogens is 250 g/mol. The zero-order valence-electron chi connectivity index (χ0n) is 12.5. The molecule has 0 bridgehead atoms. The lowest BCUT2D eigenvalue weighted by Gasteiger charge is -2.30. The number of phenolic OH excluding ortho intramolecular Hbond substituents is 1. The lowest BCUT2D eigenvalue weighted by Crippen LogP contribution is -2.40. The van der Waals surface area contributed by atoms with Crippen LogP contribution in [0.25, 0.3) is 0 Å². The van der Waals surface area contributed by atoms with E-state index in [-0.39, 0.29) is 17.7 Å². The van der Waals surface area contributed by atoms with Crippen LogP contribution in [0.1, 0.15) is 61.4 Å². The molecule has 3 nitrogen and oxygen atoms in total. The fraction of sp³-hybridized carbons (Fsp3) is 0.588. The first kappa shape index (κ1) is 14.9. The molecule has 1 aliphatic rings. The highest BCUT2D eigenvalue weighted by molar-refractivity contribution is 5.94. The molecule has 0 saturated heterocycles. The van der Waals surface area contributed by atoms with Crippen molar-refractivity contribution in [3.63, 3.8) is 0 Å². The van der Waals surface area contributed by atoms with Gasteiger partial charge in [0.05, 0.1) is 0 Å². The molecule has 2 N–H and O–H groups in total. The number of carbonyl (C=O) groups is 1. The molecule has 1 aliphatic carbocycles. The van der Waals surface area contributed by atoms with Gasteiger partial charge >= 0.3 is 0 Å². The molecule has 0 heterocycles. The summed E-state index contributed by atoms with van der Waals surface area (Å²) in [5, 5.41) is 12.7. The summed E-state index contributed by atoms with van der Waals surface area (Å²) in [6.45, 7) is 3.95. The van der Waals surface area contributed by atoms with Gasteiger partial charge in [-0.1, -0.05) is 26.2 Å². The summed E-state index contributed by atoms with van der Waals surface area (Å²) in [5.74, 6) is 0.835. The Balaban J connectivity index is 2.02. The van der Waals surface area contributed by atoms with Gasteiger partial charge in [-0.2, -0.15) is 0 Å². The lowest BCUT2D eigenvalue weighted by molar-refractivity contribution is 0.0911. The van der Waals surface area contributed by atoms with Gasteiger partial charge in [0.2, 0.25) is 0 Å². The Bertz CT molecular complexity index is 464. The molecule has 0 aliphatic heterocycles. The molecule has 1 atom stereocenters. The Morgan fingerprint density at radius 2 is 2.05 bits per heavy atom. The van der Waals surface area contributed by atoms with Crippen molar-refractivity contribution in [3.8, 4) is 5.75 Å². The molecule has 0 radical (unpaired) electrons. The quantitative estimate of drug-likeness (QED) is 0.878. The topological polar surface area (TPSA) is 49.3 Å².